The summed E-state index contributed by atoms with van der Waals surface area (Å²) in [5, 5.41) is 2.80. The van der Waals surface area contributed by atoms with Gasteiger partial charge in [0.05, 0.1) is 0 Å². The first-order chi connectivity index (χ1) is 7.15. The van der Waals surface area contributed by atoms with Gasteiger partial charge in [-0.2, -0.15) is 0 Å². The summed E-state index contributed by atoms with van der Waals surface area (Å²) in [7, 11) is 0. The molecule has 0 aromatic heterocycles. The Bertz CT molecular complexity index is 233. The SMILES string of the molecule is CC(=O)[C@H]1CC[C@H](C(=O)NCCN)CC1. The van der Waals surface area contributed by atoms with Crippen LogP contribution in [-0.2, 0) is 9.59 Å². The molecule has 0 radical (unpaired) electrons. The molecule has 3 N–H and O–H groups in total. The topological polar surface area (TPSA) is 72.2 Å². The predicted octanol–water partition coefficient (Wildman–Crippen LogP) is 0.457. The molecule has 0 atom stereocenters. The van der Waals surface area contributed by atoms with Gasteiger partial charge in [0.1, 0.15) is 5.78 Å². The summed E-state index contributed by atoms with van der Waals surface area (Å²) >= 11 is 0. The maximum absolute atomic E-state index is 11.6. The molecule has 0 aliphatic heterocycles. The number of Topliss-reactive ketones (excluding diaryl/α,β-unsaturated/α-hetero) is 1. The third-order valence-electron chi connectivity index (χ3n) is 3.12. The van der Waals surface area contributed by atoms with E-state index in [0.29, 0.717) is 13.1 Å². The Morgan fingerprint density at radius 3 is 2.20 bits per heavy atom. The van der Waals surface area contributed by atoms with Crippen LogP contribution in [0.3, 0.4) is 0 Å². The summed E-state index contributed by atoms with van der Waals surface area (Å²) in [6, 6.07) is 0. The third kappa shape index (κ3) is 3.63. The van der Waals surface area contributed by atoms with Crippen LogP contribution in [-0.4, -0.2) is 24.8 Å². The van der Waals surface area contributed by atoms with Crippen molar-refractivity contribution in [1.82, 2.24) is 5.32 Å². The highest BCUT2D eigenvalue weighted by Gasteiger charge is 2.27. The van der Waals surface area contributed by atoms with Crippen LogP contribution < -0.4 is 11.1 Å². The van der Waals surface area contributed by atoms with E-state index in [1.54, 1.807) is 6.92 Å². The van der Waals surface area contributed by atoms with Crippen LogP contribution in [0.1, 0.15) is 32.6 Å². The molecule has 1 aliphatic carbocycles. The molecule has 0 saturated heterocycles. The molecular formula is C11H20N2O2. The van der Waals surface area contributed by atoms with Gasteiger partial charge in [-0.15, -0.1) is 0 Å². The van der Waals surface area contributed by atoms with E-state index in [4.69, 9.17) is 5.73 Å². The summed E-state index contributed by atoms with van der Waals surface area (Å²) in [6.45, 7) is 2.67. The van der Waals surface area contributed by atoms with Crippen molar-refractivity contribution >= 4 is 11.7 Å². The molecule has 1 saturated carbocycles. The molecule has 15 heavy (non-hydrogen) atoms. The molecule has 0 spiro atoms. The first kappa shape index (κ1) is 12.2. The molecule has 1 rings (SSSR count). The van der Waals surface area contributed by atoms with E-state index < -0.39 is 0 Å². The van der Waals surface area contributed by atoms with Crippen molar-refractivity contribution in [2.24, 2.45) is 17.6 Å². The minimum absolute atomic E-state index is 0.0900. The molecule has 4 nitrogen and oxygen atoms in total. The molecular weight excluding hydrogens is 192 g/mol. The van der Waals surface area contributed by atoms with E-state index in [1.807, 2.05) is 0 Å². The number of nitrogens with two attached hydrogens (primary N) is 1. The molecule has 0 unspecified atom stereocenters. The maximum Gasteiger partial charge on any atom is 0.223 e. The number of amides is 1. The molecule has 4 heteroatoms. The minimum atomic E-state index is 0.0900. The molecule has 86 valence electrons. The van der Waals surface area contributed by atoms with Crippen molar-refractivity contribution in [3.63, 3.8) is 0 Å². The summed E-state index contributed by atoms with van der Waals surface area (Å²) in [5.41, 5.74) is 5.31. The summed E-state index contributed by atoms with van der Waals surface area (Å²) in [4.78, 5) is 22.7. The fraction of sp³-hybridized carbons (Fsp3) is 0.818. The van der Waals surface area contributed by atoms with Gasteiger partial charge in [0.25, 0.3) is 0 Å². The predicted molar refractivity (Wildman–Crippen MR) is 58.2 cm³/mol. The Balaban J connectivity index is 2.30. The van der Waals surface area contributed by atoms with Crippen molar-refractivity contribution in [3.8, 4) is 0 Å². The van der Waals surface area contributed by atoms with Gasteiger partial charge in [0, 0.05) is 24.9 Å². The summed E-state index contributed by atoms with van der Waals surface area (Å²) < 4.78 is 0. The van der Waals surface area contributed by atoms with Crippen molar-refractivity contribution in [1.29, 1.82) is 0 Å². The molecule has 1 amide bonds. The zero-order valence-corrected chi connectivity index (χ0v) is 9.29. The lowest BCUT2D eigenvalue weighted by molar-refractivity contribution is -0.128. The zero-order valence-electron chi connectivity index (χ0n) is 9.29. The van der Waals surface area contributed by atoms with Gasteiger partial charge in [0.15, 0.2) is 0 Å². The normalized spacial score (nSPS) is 26.0. The van der Waals surface area contributed by atoms with Gasteiger partial charge in [-0.3, -0.25) is 9.59 Å². The number of nitrogens with one attached hydrogen (secondary N) is 1. The first-order valence-electron chi connectivity index (χ1n) is 5.63. The number of hydrogen-bond acceptors (Lipinski definition) is 3. The van der Waals surface area contributed by atoms with Crippen molar-refractivity contribution in [2.75, 3.05) is 13.1 Å². The molecule has 1 fully saturated rings. The highest BCUT2D eigenvalue weighted by atomic mass is 16.2. The number of ketones is 1. The smallest absolute Gasteiger partial charge is 0.223 e. The van der Waals surface area contributed by atoms with Gasteiger partial charge < -0.3 is 11.1 Å². The van der Waals surface area contributed by atoms with E-state index in [0.717, 1.165) is 25.7 Å². The van der Waals surface area contributed by atoms with Crippen LogP contribution >= 0.6 is 0 Å². The van der Waals surface area contributed by atoms with Gasteiger partial charge in [-0.1, -0.05) is 0 Å². The molecule has 0 bridgehead atoms. The van der Waals surface area contributed by atoms with Crippen LogP contribution in [0, 0.1) is 11.8 Å². The first-order valence-corrected chi connectivity index (χ1v) is 5.63. The molecule has 0 heterocycles. The fourth-order valence-corrected chi connectivity index (χ4v) is 2.10. The molecule has 0 aromatic rings. The third-order valence-corrected chi connectivity index (χ3v) is 3.12. The van der Waals surface area contributed by atoms with Crippen LogP contribution in [0.5, 0.6) is 0 Å². The van der Waals surface area contributed by atoms with E-state index >= 15 is 0 Å². The van der Waals surface area contributed by atoms with Crippen molar-refractivity contribution in [3.05, 3.63) is 0 Å². The lowest BCUT2D eigenvalue weighted by Gasteiger charge is -2.26. The second-order valence-electron chi connectivity index (χ2n) is 4.24. The van der Waals surface area contributed by atoms with Gasteiger partial charge in [-0.25, -0.2) is 0 Å². The molecule has 0 aromatic carbocycles. The highest BCUT2D eigenvalue weighted by molar-refractivity contribution is 5.80. The second kappa shape index (κ2) is 5.85. The zero-order chi connectivity index (χ0) is 11.3. The number of carbonyl (C=O) groups excluding carboxylic acids is 2. The fourth-order valence-electron chi connectivity index (χ4n) is 2.10. The average Bonchev–Trinajstić information content (AvgIpc) is 2.26. The lowest BCUT2D eigenvalue weighted by Crippen LogP contribution is -2.36. The second-order valence-corrected chi connectivity index (χ2v) is 4.24. The van der Waals surface area contributed by atoms with Crippen LogP contribution in [0.2, 0.25) is 0 Å². The number of carbonyl (C=O) groups is 2. The Morgan fingerprint density at radius 2 is 1.73 bits per heavy atom. The van der Waals surface area contributed by atoms with Crippen LogP contribution in [0.25, 0.3) is 0 Å². The lowest BCUT2D eigenvalue weighted by atomic mass is 9.80. The number of rotatable bonds is 4. The Morgan fingerprint density at radius 1 is 1.20 bits per heavy atom. The van der Waals surface area contributed by atoms with Gasteiger partial charge >= 0.3 is 0 Å². The quantitative estimate of drug-likeness (QED) is 0.711. The minimum Gasteiger partial charge on any atom is -0.355 e. The summed E-state index contributed by atoms with van der Waals surface area (Å²) in [6.07, 6.45) is 3.38. The average molecular weight is 212 g/mol. The monoisotopic (exact) mass is 212 g/mol. The van der Waals surface area contributed by atoms with Gasteiger partial charge in [0.2, 0.25) is 5.91 Å². The van der Waals surface area contributed by atoms with Crippen LogP contribution in [0.4, 0.5) is 0 Å². The summed E-state index contributed by atoms with van der Waals surface area (Å²) in [5.74, 6) is 0.633. The Labute approximate surface area is 90.6 Å². The van der Waals surface area contributed by atoms with Crippen molar-refractivity contribution in [2.45, 2.75) is 32.6 Å². The Hall–Kier alpha value is -0.900. The number of hydrogen-bond donors (Lipinski definition) is 2. The molecule has 1 aliphatic rings. The maximum atomic E-state index is 11.6. The van der Waals surface area contributed by atoms with Gasteiger partial charge in [-0.05, 0) is 32.6 Å². The highest BCUT2D eigenvalue weighted by Crippen LogP contribution is 2.29. The van der Waals surface area contributed by atoms with Crippen LogP contribution in [0.15, 0.2) is 0 Å². The standard InChI is InChI=1S/C11H20N2O2/c1-8(14)9-2-4-10(5-3-9)11(15)13-7-6-12/h9-10H,2-7,12H2,1H3,(H,13,15)/t9-,10-. The largest absolute Gasteiger partial charge is 0.355 e. The van der Waals surface area contributed by atoms with E-state index in [9.17, 15) is 9.59 Å². The van der Waals surface area contributed by atoms with E-state index in [1.165, 1.54) is 0 Å². The Kier molecular flexibility index (Phi) is 4.75. The van der Waals surface area contributed by atoms with E-state index in [2.05, 4.69) is 5.32 Å². The van der Waals surface area contributed by atoms with Crippen molar-refractivity contribution < 1.29 is 9.59 Å². The van der Waals surface area contributed by atoms with E-state index in [-0.39, 0.29) is 23.5 Å².